The first-order valence-electron chi connectivity index (χ1n) is 9.97. The molecule has 1 amide bonds. The Morgan fingerprint density at radius 3 is 2.78 bits per heavy atom. The molecule has 3 heterocycles. The highest BCUT2D eigenvalue weighted by Gasteiger charge is 2.21. The summed E-state index contributed by atoms with van der Waals surface area (Å²) in [6, 6.07) is 0.355. The van der Waals surface area contributed by atoms with Gasteiger partial charge in [-0.25, -0.2) is 9.97 Å². The molecule has 27 heavy (non-hydrogen) atoms. The minimum absolute atomic E-state index is 0.105. The number of carbonyl (C=O) groups excluding carboxylic acids is 1. The predicted molar refractivity (Wildman–Crippen MR) is 112 cm³/mol. The smallest absolute Gasteiger partial charge is 0.230 e. The number of thiazole rings is 1. The van der Waals surface area contributed by atoms with Crippen molar-refractivity contribution in [2.24, 2.45) is 5.92 Å². The molecule has 0 atom stereocenters. The zero-order valence-electron chi connectivity index (χ0n) is 15.8. The summed E-state index contributed by atoms with van der Waals surface area (Å²) in [6.07, 6.45) is 9.96. The fourth-order valence-corrected chi connectivity index (χ4v) is 5.76. The molecule has 1 saturated heterocycles. The number of anilines is 1. The lowest BCUT2D eigenvalue weighted by Gasteiger charge is -2.29. The van der Waals surface area contributed by atoms with Crippen LogP contribution in [0.15, 0.2) is 11.4 Å². The number of carbonyl (C=O) groups is 1. The Balaban J connectivity index is 1.40. The van der Waals surface area contributed by atoms with Crippen LogP contribution >= 0.6 is 23.1 Å². The number of aromatic nitrogens is 3. The van der Waals surface area contributed by atoms with Crippen LogP contribution in [-0.4, -0.2) is 45.7 Å². The molecule has 6 nitrogen and oxygen atoms in total. The van der Waals surface area contributed by atoms with Crippen LogP contribution in [0, 0.1) is 5.92 Å². The third-order valence-corrected chi connectivity index (χ3v) is 7.74. The summed E-state index contributed by atoms with van der Waals surface area (Å²) in [4.78, 5) is 28.1. The Morgan fingerprint density at radius 1 is 1.22 bits per heavy atom. The topological polar surface area (TPSA) is 71.0 Å². The highest BCUT2D eigenvalue weighted by atomic mass is 32.2. The van der Waals surface area contributed by atoms with Gasteiger partial charge < -0.3 is 10.2 Å². The van der Waals surface area contributed by atoms with E-state index in [9.17, 15) is 4.79 Å². The van der Waals surface area contributed by atoms with Gasteiger partial charge in [-0.15, -0.1) is 0 Å². The number of nitrogens with zero attached hydrogens (tertiary/aromatic N) is 4. The summed E-state index contributed by atoms with van der Waals surface area (Å²) in [7, 11) is 0. The maximum atomic E-state index is 12.3. The van der Waals surface area contributed by atoms with Crippen LogP contribution in [0.1, 0.15) is 51.9 Å². The van der Waals surface area contributed by atoms with E-state index in [1.54, 1.807) is 17.7 Å². The van der Waals surface area contributed by atoms with Gasteiger partial charge in [0.15, 0.2) is 10.8 Å². The summed E-state index contributed by atoms with van der Waals surface area (Å²) < 4.78 is 1.00. The third kappa shape index (κ3) is 4.71. The summed E-state index contributed by atoms with van der Waals surface area (Å²) in [5, 5.41) is 5.08. The summed E-state index contributed by atoms with van der Waals surface area (Å²) in [6.45, 7) is 4.43. The van der Waals surface area contributed by atoms with Gasteiger partial charge in [-0.2, -0.15) is 4.98 Å². The second-order valence-electron chi connectivity index (χ2n) is 7.69. The van der Waals surface area contributed by atoms with Crippen LogP contribution in [-0.2, 0) is 4.79 Å². The third-order valence-electron chi connectivity index (χ3n) is 5.51. The molecule has 1 aliphatic heterocycles. The highest BCUT2D eigenvalue weighted by molar-refractivity contribution is 8.00. The summed E-state index contributed by atoms with van der Waals surface area (Å²) >= 11 is 3.15. The van der Waals surface area contributed by atoms with Crippen molar-refractivity contribution in [3.63, 3.8) is 0 Å². The summed E-state index contributed by atoms with van der Waals surface area (Å²) in [5.74, 6) is 1.30. The number of fused-ring (bicyclic) bond motifs is 1. The molecule has 0 radical (unpaired) electrons. The fourth-order valence-electron chi connectivity index (χ4n) is 3.81. The van der Waals surface area contributed by atoms with E-state index in [1.807, 2.05) is 0 Å². The quantitative estimate of drug-likeness (QED) is 0.602. The first-order valence-corrected chi connectivity index (χ1v) is 11.8. The predicted octanol–water partition coefficient (Wildman–Crippen LogP) is 3.86. The monoisotopic (exact) mass is 405 g/mol. The van der Waals surface area contributed by atoms with Gasteiger partial charge in [0, 0.05) is 19.1 Å². The number of piperidine rings is 1. The number of amides is 1. The molecule has 2 aromatic rings. The van der Waals surface area contributed by atoms with E-state index in [0.717, 1.165) is 52.4 Å². The van der Waals surface area contributed by atoms with E-state index < -0.39 is 0 Å². The zero-order chi connectivity index (χ0) is 18.6. The lowest BCUT2D eigenvalue weighted by molar-refractivity contribution is -0.119. The van der Waals surface area contributed by atoms with Crippen molar-refractivity contribution in [2.45, 2.75) is 62.9 Å². The molecular formula is C19H27N5OS2. The lowest BCUT2D eigenvalue weighted by atomic mass is 9.95. The largest absolute Gasteiger partial charge is 0.353 e. The Morgan fingerprint density at radius 2 is 2.00 bits per heavy atom. The number of rotatable bonds is 5. The minimum Gasteiger partial charge on any atom is -0.353 e. The van der Waals surface area contributed by atoms with Crippen molar-refractivity contribution in [1.82, 2.24) is 20.3 Å². The number of hydrogen-bond acceptors (Lipinski definition) is 7. The van der Waals surface area contributed by atoms with Crippen LogP contribution in [0.2, 0.25) is 0 Å². The van der Waals surface area contributed by atoms with Gasteiger partial charge in [0.1, 0.15) is 16.1 Å². The van der Waals surface area contributed by atoms with E-state index in [4.69, 9.17) is 4.98 Å². The second-order valence-corrected chi connectivity index (χ2v) is 9.63. The molecule has 2 aliphatic rings. The van der Waals surface area contributed by atoms with Crippen LogP contribution in [0.4, 0.5) is 5.13 Å². The van der Waals surface area contributed by atoms with Crippen LogP contribution in [0.25, 0.3) is 10.3 Å². The molecule has 146 valence electrons. The molecule has 2 aromatic heterocycles. The first kappa shape index (κ1) is 18.9. The molecule has 2 fully saturated rings. The minimum atomic E-state index is 0.105. The molecule has 1 aliphatic carbocycles. The maximum absolute atomic E-state index is 12.3. The van der Waals surface area contributed by atoms with Crippen molar-refractivity contribution in [2.75, 3.05) is 23.7 Å². The van der Waals surface area contributed by atoms with E-state index in [2.05, 4.69) is 27.1 Å². The van der Waals surface area contributed by atoms with E-state index >= 15 is 0 Å². The molecule has 8 heteroatoms. The molecule has 1 N–H and O–H groups in total. The Hall–Kier alpha value is -1.41. The van der Waals surface area contributed by atoms with Gasteiger partial charge in [-0.1, -0.05) is 49.3 Å². The number of nitrogens with one attached hydrogen (secondary N) is 1. The van der Waals surface area contributed by atoms with Crippen molar-refractivity contribution >= 4 is 44.5 Å². The average Bonchev–Trinajstić information content (AvgIpc) is 3.12. The highest BCUT2D eigenvalue weighted by Crippen LogP contribution is 2.35. The molecule has 0 bridgehead atoms. The van der Waals surface area contributed by atoms with Gasteiger partial charge in [-0.05, 0) is 31.6 Å². The molecule has 0 unspecified atom stereocenters. The van der Waals surface area contributed by atoms with Crippen LogP contribution in [0.5, 0.6) is 0 Å². The van der Waals surface area contributed by atoms with Crippen molar-refractivity contribution in [1.29, 1.82) is 0 Å². The average molecular weight is 406 g/mol. The molecule has 0 aromatic carbocycles. The molecular weight excluding hydrogens is 378 g/mol. The Kier molecular flexibility index (Phi) is 6.12. The van der Waals surface area contributed by atoms with E-state index in [-0.39, 0.29) is 5.91 Å². The SMILES string of the molecule is CC1CCN(c2nc3ncnc(SCC(=O)NC4CCCCC4)c3s2)CC1. The second kappa shape index (κ2) is 8.73. The van der Waals surface area contributed by atoms with Gasteiger partial charge in [0.05, 0.1) is 5.75 Å². The van der Waals surface area contributed by atoms with Crippen molar-refractivity contribution in [3.05, 3.63) is 6.33 Å². The van der Waals surface area contributed by atoms with Gasteiger partial charge >= 0.3 is 0 Å². The van der Waals surface area contributed by atoms with Crippen LogP contribution in [0.3, 0.4) is 0 Å². The van der Waals surface area contributed by atoms with E-state index in [0.29, 0.717) is 11.8 Å². The standard InChI is InChI=1S/C19H27N5OS2/c1-13-7-9-24(10-8-13)19-23-17-16(27-19)18(21-12-20-17)26-11-15(25)22-14-5-3-2-4-6-14/h12-14H,2-11H2,1H3,(H,22,25). The molecule has 4 rings (SSSR count). The fraction of sp³-hybridized carbons (Fsp3) is 0.684. The number of hydrogen-bond donors (Lipinski definition) is 1. The van der Waals surface area contributed by atoms with Crippen molar-refractivity contribution < 1.29 is 4.79 Å². The van der Waals surface area contributed by atoms with Gasteiger partial charge in [0.25, 0.3) is 0 Å². The number of thioether (sulfide) groups is 1. The Bertz CT molecular complexity index is 781. The van der Waals surface area contributed by atoms with Crippen LogP contribution < -0.4 is 10.2 Å². The Labute approximate surface area is 168 Å². The summed E-state index contributed by atoms with van der Waals surface area (Å²) in [5.41, 5.74) is 0.749. The molecule has 1 saturated carbocycles. The van der Waals surface area contributed by atoms with Crippen molar-refractivity contribution in [3.8, 4) is 0 Å². The lowest BCUT2D eigenvalue weighted by Crippen LogP contribution is -2.37. The van der Waals surface area contributed by atoms with Gasteiger partial charge in [0.2, 0.25) is 5.91 Å². The van der Waals surface area contributed by atoms with Gasteiger partial charge in [-0.3, -0.25) is 4.79 Å². The first-order chi connectivity index (χ1) is 13.2. The maximum Gasteiger partial charge on any atom is 0.230 e. The molecule has 0 spiro atoms. The normalized spacial score (nSPS) is 19.5. The van der Waals surface area contributed by atoms with E-state index in [1.165, 1.54) is 43.9 Å². The zero-order valence-corrected chi connectivity index (χ0v) is 17.4.